The molecule has 1 aliphatic rings. The number of hydrogen-bond acceptors (Lipinski definition) is 4. The highest BCUT2D eigenvalue weighted by atomic mass is 16.5. The summed E-state index contributed by atoms with van der Waals surface area (Å²) in [5.74, 6) is 1.55. The normalized spacial score (nSPS) is 14.7. The van der Waals surface area contributed by atoms with Crippen LogP contribution in [0.15, 0.2) is 23.2 Å². The van der Waals surface area contributed by atoms with E-state index in [9.17, 15) is 4.79 Å². The number of benzene rings is 1. The predicted molar refractivity (Wildman–Crippen MR) is 79.5 cm³/mol. The number of carbonyl (C=O) groups is 1. The fourth-order valence-electron chi connectivity index (χ4n) is 2.00. The molecule has 0 aromatic heterocycles. The van der Waals surface area contributed by atoms with Crippen LogP contribution in [-0.4, -0.2) is 36.4 Å². The van der Waals surface area contributed by atoms with Gasteiger partial charge in [-0.2, -0.15) is 0 Å². The van der Waals surface area contributed by atoms with Gasteiger partial charge in [-0.25, -0.2) is 0 Å². The molecule has 0 fully saturated rings. The summed E-state index contributed by atoms with van der Waals surface area (Å²) in [4.78, 5) is 15.5. The fraction of sp³-hybridized carbons (Fsp3) is 0.429. The van der Waals surface area contributed by atoms with Crippen LogP contribution in [0, 0.1) is 6.92 Å². The molecule has 1 amide bonds. The maximum Gasteiger partial charge on any atom is 0.221 e. The smallest absolute Gasteiger partial charge is 0.221 e. The highest BCUT2D eigenvalue weighted by Crippen LogP contribution is 2.26. The number of nitrogens with zero attached hydrogens (tertiary/aromatic N) is 1. The minimum atomic E-state index is -0.117. The number of anilines is 1. The summed E-state index contributed by atoms with van der Waals surface area (Å²) in [7, 11) is 0. The molecule has 0 aliphatic carbocycles. The van der Waals surface area contributed by atoms with Crippen molar-refractivity contribution in [3.05, 3.63) is 23.8 Å². The maximum atomic E-state index is 11.1. The first kappa shape index (κ1) is 16.0. The van der Waals surface area contributed by atoms with E-state index in [0.717, 1.165) is 35.9 Å². The average molecular weight is 279 g/mol. The Labute approximate surface area is 118 Å². The van der Waals surface area contributed by atoms with Gasteiger partial charge < -0.3 is 20.8 Å². The zero-order valence-corrected chi connectivity index (χ0v) is 12.0. The van der Waals surface area contributed by atoms with E-state index in [0.29, 0.717) is 0 Å². The van der Waals surface area contributed by atoms with Gasteiger partial charge >= 0.3 is 0 Å². The van der Waals surface area contributed by atoms with Gasteiger partial charge in [0.1, 0.15) is 11.6 Å². The van der Waals surface area contributed by atoms with E-state index in [1.165, 1.54) is 6.92 Å². The first-order valence-electron chi connectivity index (χ1n) is 6.40. The molecular formula is C14H21N3O3. The lowest BCUT2D eigenvalue weighted by Crippen LogP contribution is -2.33. The number of rotatable bonds is 4. The SMILES string of the molecule is CC(=O)Nc1cccc(OC(C)C2=NCCN2)c1C.O. The zero-order valence-electron chi connectivity index (χ0n) is 12.0. The lowest BCUT2D eigenvalue weighted by atomic mass is 10.1. The molecule has 1 heterocycles. The zero-order chi connectivity index (χ0) is 13.8. The topological polar surface area (TPSA) is 94.2 Å². The average Bonchev–Trinajstić information content (AvgIpc) is 2.87. The second-order valence-corrected chi connectivity index (χ2v) is 4.56. The number of aliphatic imine (C=N–C) groups is 1. The third kappa shape index (κ3) is 3.71. The van der Waals surface area contributed by atoms with Crippen molar-refractivity contribution in [2.45, 2.75) is 26.9 Å². The first-order chi connectivity index (χ1) is 9.08. The van der Waals surface area contributed by atoms with E-state index in [-0.39, 0.29) is 17.5 Å². The third-order valence-corrected chi connectivity index (χ3v) is 2.98. The molecule has 6 heteroatoms. The molecule has 2 rings (SSSR count). The second kappa shape index (κ2) is 6.91. The van der Waals surface area contributed by atoms with Crippen LogP contribution in [0.4, 0.5) is 5.69 Å². The van der Waals surface area contributed by atoms with Crippen LogP contribution in [0.1, 0.15) is 19.4 Å². The second-order valence-electron chi connectivity index (χ2n) is 4.56. The first-order valence-corrected chi connectivity index (χ1v) is 6.40. The van der Waals surface area contributed by atoms with Gasteiger partial charge in [0.2, 0.25) is 5.91 Å². The lowest BCUT2D eigenvalue weighted by Gasteiger charge is -2.18. The minimum Gasteiger partial charge on any atom is -0.482 e. The van der Waals surface area contributed by atoms with Crippen molar-refractivity contribution in [3.8, 4) is 5.75 Å². The Morgan fingerprint density at radius 2 is 2.25 bits per heavy atom. The molecule has 1 atom stereocenters. The number of amidine groups is 1. The molecule has 4 N–H and O–H groups in total. The Morgan fingerprint density at radius 3 is 2.85 bits per heavy atom. The quantitative estimate of drug-likeness (QED) is 0.857. The Hall–Kier alpha value is -2.08. The summed E-state index contributed by atoms with van der Waals surface area (Å²) in [6, 6.07) is 5.62. The molecule has 1 aliphatic heterocycles. The van der Waals surface area contributed by atoms with Crippen molar-refractivity contribution >= 4 is 17.4 Å². The van der Waals surface area contributed by atoms with E-state index in [4.69, 9.17) is 4.74 Å². The van der Waals surface area contributed by atoms with Crippen molar-refractivity contribution in [2.75, 3.05) is 18.4 Å². The summed E-state index contributed by atoms with van der Waals surface area (Å²) >= 11 is 0. The summed E-state index contributed by atoms with van der Waals surface area (Å²) in [5, 5.41) is 5.99. The highest BCUT2D eigenvalue weighted by Gasteiger charge is 2.17. The summed E-state index contributed by atoms with van der Waals surface area (Å²) in [6.07, 6.45) is -0.117. The van der Waals surface area contributed by atoms with E-state index < -0.39 is 0 Å². The third-order valence-electron chi connectivity index (χ3n) is 2.98. The largest absolute Gasteiger partial charge is 0.482 e. The van der Waals surface area contributed by atoms with Crippen LogP contribution in [0.2, 0.25) is 0 Å². The highest BCUT2D eigenvalue weighted by molar-refractivity contribution is 5.90. The van der Waals surface area contributed by atoms with Gasteiger partial charge in [-0.3, -0.25) is 9.79 Å². The molecule has 6 nitrogen and oxygen atoms in total. The molecule has 0 radical (unpaired) electrons. The number of carbonyl (C=O) groups excluding carboxylic acids is 1. The Bertz CT molecular complexity index is 514. The Kier molecular flexibility index (Phi) is 5.52. The van der Waals surface area contributed by atoms with Crippen LogP contribution in [0.3, 0.4) is 0 Å². The van der Waals surface area contributed by atoms with Crippen molar-refractivity contribution in [3.63, 3.8) is 0 Å². The summed E-state index contributed by atoms with van der Waals surface area (Å²) in [6.45, 7) is 7.05. The van der Waals surface area contributed by atoms with Crippen molar-refractivity contribution < 1.29 is 15.0 Å². The molecule has 0 saturated heterocycles. The number of hydrogen-bond donors (Lipinski definition) is 2. The van der Waals surface area contributed by atoms with Crippen LogP contribution in [0.5, 0.6) is 5.75 Å². The fourth-order valence-corrected chi connectivity index (χ4v) is 2.00. The van der Waals surface area contributed by atoms with Gasteiger partial charge in [0, 0.05) is 24.7 Å². The minimum absolute atomic E-state index is 0. The van der Waals surface area contributed by atoms with E-state index >= 15 is 0 Å². The monoisotopic (exact) mass is 279 g/mol. The number of ether oxygens (including phenoxy) is 1. The lowest BCUT2D eigenvalue weighted by molar-refractivity contribution is -0.114. The van der Waals surface area contributed by atoms with Gasteiger partial charge in [0.25, 0.3) is 0 Å². The molecule has 110 valence electrons. The molecule has 1 unspecified atom stereocenters. The van der Waals surface area contributed by atoms with E-state index in [2.05, 4.69) is 15.6 Å². The summed E-state index contributed by atoms with van der Waals surface area (Å²) in [5.41, 5.74) is 1.70. The molecule has 0 saturated carbocycles. The van der Waals surface area contributed by atoms with Crippen molar-refractivity contribution in [1.82, 2.24) is 5.32 Å². The van der Waals surface area contributed by atoms with Crippen molar-refractivity contribution in [2.24, 2.45) is 4.99 Å². The standard InChI is InChI=1S/C14H19N3O2.H2O/c1-9-12(17-11(3)18)5-4-6-13(9)19-10(2)14-15-7-8-16-14;/h4-6,10H,7-8H2,1-3H3,(H,15,16)(H,17,18);1H2. The van der Waals surface area contributed by atoms with Crippen LogP contribution >= 0.6 is 0 Å². The van der Waals surface area contributed by atoms with E-state index in [1.54, 1.807) is 0 Å². The van der Waals surface area contributed by atoms with Gasteiger partial charge in [0.15, 0.2) is 6.10 Å². The maximum absolute atomic E-state index is 11.1. The molecule has 0 bridgehead atoms. The Balaban J connectivity index is 0.00000200. The van der Waals surface area contributed by atoms with E-state index in [1.807, 2.05) is 32.0 Å². The number of nitrogens with one attached hydrogen (secondary N) is 2. The van der Waals surface area contributed by atoms with Crippen LogP contribution in [0.25, 0.3) is 0 Å². The molecule has 1 aromatic carbocycles. The van der Waals surface area contributed by atoms with Gasteiger partial charge in [-0.05, 0) is 26.0 Å². The summed E-state index contributed by atoms with van der Waals surface area (Å²) < 4.78 is 5.91. The Morgan fingerprint density at radius 1 is 1.50 bits per heavy atom. The van der Waals surface area contributed by atoms with Gasteiger partial charge in [-0.15, -0.1) is 0 Å². The van der Waals surface area contributed by atoms with Gasteiger partial charge in [-0.1, -0.05) is 6.07 Å². The van der Waals surface area contributed by atoms with Crippen molar-refractivity contribution in [1.29, 1.82) is 0 Å². The van der Waals surface area contributed by atoms with Crippen LogP contribution < -0.4 is 15.4 Å². The molecule has 20 heavy (non-hydrogen) atoms. The number of amides is 1. The predicted octanol–water partition coefficient (Wildman–Crippen LogP) is 0.898. The molecule has 1 aromatic rings. The van der Waals surface area contributed by atoms with Gasteiger partial charge in [0.05, 0.1) is 6.54 Å². The van der Waals surface area contributed by atoms with Crippen LogP contribution in [-0.2, 0) is 4.79 Å². The molecule has 0 spiro atoms. The molecular weight excluding hydrogens is 258 g/mol.